The van der Waals surface area contributed by atoms with Gasteiger partial charge in [0.1, 0.15) is 17.2 Å². The first-order valence-electron chi connectivity index (χ1n) is 5.85. The lowest BCUT2D eigenvalue weighted by atomic mass is 10.1. The quantitative estimate of drug-likeness (QED) is 0.675. The lowest BCUT2D eigenvalue weighted by Gasteiger charge is -2.10. The molecular formula is C13H10Cl2N4O. The Labute approximate surface area is 125 Å². The van der Waals surface area contributed by atoms with Crippen LogP contribution in [0.4, 0.5) is 0 Å². The van der Waals surface area contributed by atoms with Crippen LogP contribution in [-0.2, 0) is 0 Å². The van der Waals surface area contributed by atoms with Crippen molar-refractivity contribution < 1.29 is 4.74 Å². The van der Waals surface area contributed by atoms with Crippen LogP contribution < -0.4 is 4.74 Å². The minimum atomic E-state index is 0.294. The molecule has 102 valence electrons. The molecule has 5 nitrogen and oxygen atoms in total. The Kier molecular flexibility index (Phi) is 3.23. The zero-order valence-corrected chi connectivity index (χ0v) is 12.3. The summed E-state index contributed by atoms with van der Waals surface area (Å²) in [7, 11) is 0. The fourth-order valence-corrected chi connectivity index (χ4v) is 2.19. The maximum atomic E-state index is 6.14. The van der Waals surface area contributed by atoms with E-state index in [1.165, 1.54) is 10.8 Å². The first kappa shape index (κ1) is 13.1. The monoisotopic (exact) mass is 308 g/mol. The van der Waals surface area contributed by atoms with E-state index in [4.69, 9.17) is 27.9 Å². The number of ether oxygens (including phenoxy) is 1. The van der Waals surface area contributed by atoms with Gasteiger partial charge in [0.25, 0.3) is 5.78 Å². The molecule has 0 amide bonds. The zero-order valence-electron chi connectivity index (χ0n) is 10.8. The molecule has 0 fully saturated rings. The van der Waals surface area contributed by atoms with Crippen LogP contribution in [0.2, 0.25) is 10.2 Å². The number of nitrogens with zero attached hydrogens (tertiary/aromatic N) is 4. The van der Waals surface area contributed by atoms with Crippen molar-refractivity contribution in [2.24, 2.45) is 0 Å². The Balaban J connectivity index is 2.07. The highest BCUT2D eigenvalue weighted by Gasteiger charge is 2.10. The Hall–Kier alpha value is -1.85. The summed E-state index contributed by atoms with van der Waals surface area (Å²) in [6.07, 6.45) is 1.39. The zero-order chi connectivity index (χ0) is 14.3. The summed E-state index contributed by atoms with van der Waals surface area (Å²) >= 11 is 12.1. The normalized spacial score (nSPS) is 11.0. The fourth-order valence-electron chi connectivity index (χ4n) is 1.92. The van der Waals surface area contributed by atoms with Gasteiger partial charge in [0, 0.05) is 11.1 Å². The average Bonchev–Trinajstić information content (AvgIpc) is 2.84. The summed E-state index contributed by atoms with van der Waals surface area (Å²) < 4.78 is 7.30. The van der Waals surface area contributed by atoms with Gasteiger partial charge in [-0.1, -0.05) is 23.2 Å². The summed E-state index contributed by atoms with van der Waals surface area (Å²) in [6.45, 7) is 3.85. The molecule has 7 heteroatoms. The predicted molar refractivity (Wildman–Crippen MR) is 76.8 cm³/mol. The molecule has 0 saturated heterocycles. The Morgan fingerprint density at radius 3 is 2.50 bits per heavy atom. The van der Waals surface area contributed by atoms with Crippen LogP contribution in [0, 0.1) is 13.8 Å². The summed E-state index contributed by atoms with van der Waals surface area (Å²) in [4.78, 5) is 8.03. The van der Waals surface area contributed by atoms with E-state index in [1.807, 2.05) is 26.0 Å². The second kappa shape index (κ2) is 4.92. The van der Waals surface area contributed by atoms with Crippen LogP contribution in [0.15, 0.2) is 24.5 Å². The SMILES string of the molecule is Cc1cc(Oc2cc(Cl)nc3ncnn23)cc(C)c1Cl. The predicted octanol–water partition coefficient (Wildman–Crippen LogP) is 3.84. The standard InChI is InChI=1S/C13H10Cl2N4O/c1-7-3-9(4-8(2)12(7)15)20-11-5-10(14)18-13-16-6-17-19(11)13/h3-6H,1-2H3. The van der Waals surface area contributed by atoms with Crippen LogP contribution in [0.25, 0.3) is 5.78 Å². The molecule has 0 unspecified atom stereocenters. The lowest BCUT2D eigenvalue weighted by Crippen LogP contribution is -1.98. The molecule has 2 aromatic heterocycles. The number of hydrogen-bond donors (Lipinski definition) is 0. The van der Waals surface area contributed by atoms with Crippen LogP contribution in [0.3, 0.4) is 0 Å². The highest BCUT2D eigenvalue weighted by molar-refractivity contribution is 6.32. The molecule has 0 atom stereocenters. The smallest absolute Gasteiger partial charge is 0.256 e. The molecular weight excluding hydrogens is 299 g/mol. The van der Waals surface area contributed by atoms with Crippen LogP contribution >= 0.6 is 23.2 Å². The van der Waals surface area contributed by atoms with Gasteiger partial charge in [0.05, 0.1) is 0 Å². The molecule has 0 aliphatic carbocycles. The summed E-state index contributed by atoms with van der Waals surface area (Å²) in [6, 6.07) is 5.29. The van der Waals surface area contributed by atoms with E-state index in [9.17, 15) is 0 Å². The van der Waals surface area contributed by atoms with Gasteiger partial charge < -0.3 is 4.74 Å². The van der Waals surface area contributed by atoms with Crippen molar-refractivity contribution in [2.45, 2.75) is 13.8 Å². The third-order valence-corrected chi connectivity index (χ3v) is 3.61. The van der Waals surface area contributed by atoms with Crippen molar-refractivity contribution in [1.82, 2.24) is 19.6 Å². The molecule has 20 heavy (non-hydrogen) atoms. The fraction of sp³-hybridized carbons (Fsp3) is 0.154. The minimum Gasteiger partial charge on any atom is -0.439 e. The second-order valence-electron chi connectivity index (χ2n) is 4.36. The van der Waals surface area contributed by atoms with Crippen LogP contribution in [-0.4, -0.2) is 19.6 Å². The molecule has 0 aliphatic rings. The third kappa shape index (κ3) is 2.30. The third-order valence-electron chi connectivity index (χ3n) is 2.82. The van der Waals surface area contributed by atoms with Crippen molar-refractivity contribution in [2.75, 3.05) is 0 Å². The van der Waals surface area contributed by atoms with Gasteiger partial charge in [0.15, 0.2) is 0 Å². The number of hydrogen-bond acceptors (Lipinski definition) is 4. The van der Waals surface area contributed by atoms with E-state index < -0.39 is 0 Å². The van der Waals surface area contributed by atoms with Gasteiger partial charge in [-0.25, -0.2) is 0 Å². The molecule has 0 radical (unpaired) electrons. The first-order chi connectivity index (χ1) is 9.54. The van der Waals surface area contributed by atoms with Gasteiger partial charge in [-0.05, 0) is 37.1 Å². The number of fused-ring (bicyclic) bond motifs is 1. The highest BCUT2D eigenvalue weighted by atomic mass is 35.5. The van der Waals surface area contributed by atoms with E-state index >= 15 is 0 Å². The van der Waals surface area contributed by atoms with E-state index in [0.717, 1.165) is 16.1 Å². The number of aryl methyl sites for hydroxylation is 2. The molecule has 0 aliphatic heterocycles. The summed E-state index contributed by atoms with van der Waals surface area (Å²) in [5, 5.41) is 5.08. The number of halogens is 2. The van der Waals surface area contributed by atoms with E-state index in [0.29, 0.717) is 22.6 Å². The largest absolute Gasteiger partial charge is 0.439 e. The first-order valence-corrected chi connectivity index (χ1v) is 6.61. The maximum absolute atomic E-state index is 6.14. The van der Waals surface area contributed by atoms with Crippen molar-refractivity contribution in [3.8, 4) is 11.6 Å². The Bertz CT molecular complexity index is 777. The Morgan fingerprint density at radius 2 is 1.80 bits per heavy atom. The average molecular weight is 309 g/mol. The maximum Gasteiger partial charge on any atom is 0.256 e. The van der Waals surface area contributed by atoms with Crippen molar-refractivity contribution >= 4 is 29.0 Å². The highest BCUT2D eigenvalue weighted by Crippen LogP contribution is 2.29. The van der Waals surface area contributed by atoms with E-state index in [1.54, 1.807) is 6.07 Å². The van der Waals surface area contributed by atoms with E-state index in [2.05, 4.69) is 15.1 Å². The summed E-state index contributed by atoms with van der Waals surface area (Å²) in [5.74, 6) is 1.48. The molecule has 0 spiro atoms. The van der Waals surface area contributed by atoms with Crippen molar-refractivity contribution in [3.63, 3.8) is 0 Å². The number of rotatable bonds is 2. The van der Waals surface area contributed by atoms with Gasteiger partial charge in [0.2, 0.25) is 5.88 Å². The van der Waals surface area contributed by atoms with Crippen LogP contribution in [0.5, 0.6) is 11.6 Å². The van der Waals surface area contributed by atoms with Crippen molar-refractivity contribution in [1.29, 1.82) is 0 Å². The molecule has 0 bridgehead atoms. The summed E-state index contributed by atoms with van der Waals surface area (Å²) in [5.41, 5.74) is 1.88. The van der Waals surface area contributed by atoms with Gasteiger partial charge in [-0.3, -0.25) is 0 Å². The molecule has 1 aromatic carbocycles. The lowest BCUT2D eigenvalue weighted by molar-refractivity contribution is 0.445. The van der Waals surface area contributed by atoms with Gasteiger partial charge in [-0.2, -0.15) is 19.6 Å². The van der Waals surface area contributed by atoms with Gasteiger partial charge >= 0.3 is 0 Å². The van der Waals surface area contributed by atoms with Gasteiger partial charge in [-0.15, -0.1) is 0 Å². The second-order valence-corrected chi connectivity index (χ2v) is 5.13. The number of benzene rings is 1. The molecule has 0 N–H and O–H groups in total. The Morgan fingerprint density at radius 1 is 1.10 bits per heavy atom. The molecule has 2 heterocycles. The van der Waals surface area contributed by atoms with Crippen LogP contribution in [0.1, 0.15) is 11.1 Å². The van der Waals surface area contributed by atoms with Crippen molar-refractivity contribution in [3.05, 3.63) is 45.8 Å². The topological polar surface area (TPSA) is 52.3 Å². The minimum absolute atomic E-state index is 0.294. The number of aromatic nitrogens is 4. The molecule has 3 aromatic rings. The van der Waals surface area contributed by atoms with E-state index in [-0.39, 0.29) is 0 Å². The molecule has 3 rings (SSSR count). The molecule has 0 saturated carbocycles.